The number of halogens is 1. The van der Waals surface area contributed by atoms with Crippen molar-refractivity contribution in [3.63, 3.8) is 0 Å². The van der Waals surface area contributed by atoms with E-state index in [0.717, 1.165) is 17.9 Å². The zero-order chi connectivity index (χ0) is 16.0. The standard InChI is InChI=1S/C18H16ClN3S/c1-11-2-4-12(5-3-11)15-10-16(15)17-20-21-18(23)22(17)14-8-6-13(19)7-9-14/h2-9,15-16H,10H2,1H3,(H,21,23)/t15-,16+/m0/s1. The minimum Gasteiger partial charge on any atom is -0.272 e. The van der Waals surface area contributed by atoms with Gasteiger partial charge >= 0.3 is 0 Å². The average molecular weight is 342 g/mol. The third kappa shape index (κ3) is 2.73. The van der Waals surface area contributed by atoms with Crippen LogP contribution in [0.3, 0.4) is 0 Å². The van der Waals surface area contributed by atoms with Crippen molar-refractivity contribution in [1.29, 1.82) is 0 Å². The van der Waals surface area contributed by atoms with Crippen LogP contribution in [0, 0.1) is 11.7 Å². The first kappa shape index (κ1) is 14.7. The molecular weight excluding hydrogens is 326 g/mol. The van der Waals surface area contributed by atoms with E-state index in [4.69, 9.17) is 23.8 Å². The molecule has 1 aliphatic carbocycles. The van der Waals surface area contributed by atoms with Gasteiger partial charge in [-0.2, -0.15) is 5.10 Å². The fraction of sp³-hybridized carbons (Fsp3) is 0.222. The van der Waals surface area contributed by atoms with Gasteiger partial charge < -0.3 is 0 Å². The van der Waals surface area contributed by atoms with Gasteiger partial charge in [0, 0.05) is 16.6 Å². The first-order valence-corrected chi connectivity index (χ1v) is 8.42. The normalized spacial score (nSPS) is 19.7. The van der Waals surface area contributed by atoms with E-state index in [1.54, 1.807) is 0 Å². The number of aromatic amines is 1. The lowest BCUT2D eigenvalue weighted by Crippen LogP contribution is -2.01. The average Bonchev–Trinajstić information content (AvgIpc) is 3.25. The Labute approximate surface area is 144 Å². The molecule has 0 saturated heterocycles. The SMILES string of the molecule is Cc1ccc([C@@H]2C[C@H]2c2n[nH]c(=S)n2-c2ccc(Cl)cc2)cc1. The summed E-state index contributed by atoms with van der Waals surface area (Å²) in [6.45, 7) is 2.11. The van der Waals surface area contributed by atoms with Crippen LogP contribution in [0.15, 0.2) is 48.5 Å². The predicted molar refractivity (Wildman–Crippen MR) is 95.0 cm³/mol. The number of nitrogens with zero attached hydrogens (tertiary/aromatic N) is 2. The van der Waals surface area contributed by atoms with Crippen molar-refractivity contribution in [3.05, 3.63) is 75.3 Å². The summed E-state index contributed by atoms with van der Waals surface area (Å²) in [6.07, 6.45) is 1.11. The van der Waals surface area contributed by atoms with Gasteiger partial charge in [0.15, 0.2) is 4.77 Å². The highest BCUT2D eigenvalue weighted by molar-refractivity contribution is 7.71. The molecule has 5 heteroatoms. The summed E-state index contributed by atoms with van der Waals surface area (Å²) >= 11 is 11.4. The minimum absolute atomic E-state index is 0.404. The first-order chi connectivity index (χ1) is 11.1. The highest BCUT2D eigenvalue weighted by atomic mass is 35.5. The van der Waals surface area contributed by atoms with Crippen molar-refractivity contribution in [2.24, 2.45) is 0 Å². The molecule has 0 aliphatic heterocycles. The van der Waals surface area contributed by atoms with Crippen LogP contribution in [0.25, 0.3) is 5.69 Å². The number of benzene rings is 2. The highest BCUT2D eigenvalue weighted by Gasteiger charge is 2.43. The van der Waals surface area contributed by atoms with Gasteiger partial charge in [0.2, 0.25) is 0 Å². The molecule has 1 aromatic heterocycles. The van der Waals surface area contributed by atoms with E-state index in [9.17, 15) is 0 Å². The first-order valence-electron chi connectivity index (χ1n) is 7.63. The Morgan fingerprint density at radius 3 is 2.48 bits per heavy atom. The van der Waals surface area contributed by atoms with Crippen molar-refractivity contribution in [1.82, 2.24) is 14.8 Å². The van der Waals surface area contributed by atoms with E-state index in [1.807, 2.05) is 28.8 Å². The number of hydrogen-bond donors (Lipinski definition) is 1. The molecule has 1 heterocycles. The minimum atomic E-state index is 0.404. The number of aryl methyl sites for hydroxylation is 1. The van der Waals surface area contributed by atoms with Gasteiger partial charge in [-0.25, -0.2) is 0 Å². The second-order valence-corrected chi connectivity index (χ2v) is 6.88. The molecule has 3 nitrogen and oxygen atoms in total. The van der Waals surface area contributed by atoms with Crippen LogP contribution >= 0.6 is 23.8 Å². The Bertz CT molecular complexity index is 893. The number of nitrogens with one attached hydrogen (secondary N) is 1. The Morgan fingerprint density at radius 2 is 1.78 bits per heavy atom. The quantitative estimate of drug-likeness (QED) is 0.667. The number of rotatable bonds is 3. The van der Waals surface area contributed by atoms with Gasteiger partial charge in [0.1, 0.15) is 5.82 Å². The molecule has 0 spiro atoms. The van der Waals surface area contributed by atoms with E-state index in [-0.39, 0.29) is 0 Å². The molecule has 1 saturated carbocycles. The maximum Gasteiger partial charge on any atom is 0.199 e. The second-order valence-electron chi connectivity index (χ2n) is 6.06. The monoisotopic (exact) mass is 341 g/mol. The molecule has 116 valence electrons. The summed E-state index contributed by atoms with van der Waals surface area (Å²) in [7, 11) is 0. The summed E-state index contributed by atoms with van der Waals surface area (Å²) in [6, 6.07) is 16.5. The van der Waals surface area contributed by atoms with Crippen molar-refractivity contribution >= 4 is 23.8 Å². The smallest absolute Gasteiger partial charge is 0.199 e. The van der Waals surface area contributed by atoms with Gasteiger partial charge in [-0.15, -0.1) is 0 Å². The second kappa shape index (κ2) is 5.62. The molecule has 4 rings (SSSR count). The fourth-order valence-electron chi connectivity index (χ4n) is 3.06. The maximum atomic E-state index is 5.98. The van der Waals surface area contributed by atoms with E-state index in [1.165, 1.54) is 11.1 Å². The molecule has 0 unspecified atom stereocenters. The van der Waals surface area contributed by atoms with Crippen LogP contribution in [-0.4, -0.2) is 14.8 Å². The van der Waals surface area contributed by atoms with E-state index in [2.05, 4.69) is 41.4 Å². The zero-order valence-corrected chi connectivity index (χ0v) is 14.2. The van der Waals surface area contributed by atoms with Crippen LogP contribution < -0.4 is 0 Å². The fourth-order valence-corrected chi connectivity index (χ4v) is 3.43. The van der Waals surface area contributed by atoms with Gasteiger partial charge in [0.05, 0.1) is 0 Å². The number of hydrogen-bond acceptors (Lipinski definition) is 2. The van der Waals surface area contributed by atoms with Gasteiger partial charge in [-0.05, 0) is 61.3 Å². The molecule has 0 amide bonds. The Kier molecular flexibility index (Phi) is 3.58. The van der Waals surface area contributed by atoms with E-state index in [0.29, 0.717) is 21.6 Å². The highest BCUT2D eigenvalue weighted by Crippen LogP contribution is 2.54. The van der Waals surface area contributed by atoms with Crippen LogP contribution in [0.2, 0.25) is 5.02 Å². The largest absolute Gasteiger partial charge is 0.272 e. The molecular formula is C18H16ClN3S. The van der Waals surface area contributed by atoms with Crippen molar-refractivity contribution < 1.29 is 0 Å². The topological polar surface area (TPSA) is 33.6 Å². The molecule has 23 heavy (non-hydrogen) atoms. The van der Waals surface area contributed by atoms with Crippen molar-refractivity contribution in [3.8, 4) is 5.69 Å². The molecule has 3 aromatic rings. The van der Waals surface area contributed by atoms with Crippen LogP contribution in [0.5, 0.6) is 0 Å². The van der Waals surface area contributed by atoms with Gasteiger partial charge in [0.25, 0.3) is 0 Å². The Balaban J connectivity index is 1.68. The van der Waals surface area contributed by atoms with Crippen molar-refractivity contribution in [2.75, 3.05) is 0 Å². The third-order valence-corrected chi connectivity index (χ3v) is 4.94. The lowest BCUT2D eigenvalue weighted by atomic mass is 10.1. The molecule has 1 fully saturated rings. The summed E-state index contributed by atoms with van der Waals surface area (Å²) in [5.41, 5.74) is 3.66. The molecule has 0 bridgehead atoms. The zero-order valence-electron chi connectivity index (χ0n) is 12.7. The predicted octanol–water partition coefficient (Wildman–Crippen LogP) is 5.16. The van der Waals surface area contributed by atoms with Gasteiger partial charge in [-0.1, -0.05) is 41.4 Å². The summed E-state index contributed by atoms with van der Waals surface area (Å²) in [5.74, 6) is 1.93. The lowest BCUT2D eigenvalue weighted by molar-refractivity contribution is 0.846. The van der Waals surface area contributed by atoms with Crippen LogP contribution in [0.4, 0.5) is 0 Å². The molecule has 2 aromatic carbocycles. The van der Waals surface area contributed by atoms with Gasteiger partial charge in [-0.3, -0.25) is 9.67 Å². The maximum absolute atomic E-state index is 5.98. The van der Waals surface area contributed by atoms with E-state index < -0.39 is 0 Å². The van der Waals surface area contributed by atoms with Crippen molar-refractivity contribution in [2.45, 2.75) is 25.2 Å². The summed E-state index contributed by atoms with van der Waals surface area (Å²) in [4.78, 5) is 0. The third-order valence-electron chi connectivity index (χ3n) is 4.41. The number of H-pyrrole nitrogens is 1. The Morgan fingerprint density at radius 1 is 1.09 bits per heavy atom. The summed E-state index contributed by atoms with van der Waals surface area (Å²) in [5, 5.41) is 8.14. The summed E-state index contributed by atoms with van der Waals surface area (Å²) < 4.78 is 2.64. The number of aromatic nitrogens is 3. The molecule has 2 atom stereocenters. The lowest BCUT2D eigenvalue weighted by Gasteiger charge is -2.07. The van der Waals surface area contributed by atoms with Crippen LogP contribution in [-0.2, 0) is 0 Å². The molecule has 1 aliphatic rings. The molecule has 0 radical (unpaired) electrons. The van der Waals surface area contributed by atoms with E-state index >= 15 is 0 Å². The van der Waals surface area contributed by atoms with Crippen LogP contribution in [0.1, 0.15) is 35.2 Å². The Hall–Kier alpha value is -1.91. The molecule has 1 N–H and O–H groups in total.